The molecule has 1 aromatic carbocycles. The molecular weight excluding hydrogens is 192 g/mol. The first kappa shape index (κ1) is 8.92. The zero-order chi connectivity index (χ0) is 10.4. The number of ether oxygens (including phenoxy) is 2. The molecule has 3 heteroatoms. The second-order valence-corrected chi connectivity index (χ2v) is 4.06. The zero-order valence-corrected chi connectivity index (χ0v) is 8.47. The van der Waals surface area contributed by atoms with Crippen LogP contribution < -0.4 is 0 Å². The van der Waals surface area contributed by atoms with Gasteiger partial charge in [0.1, 0.15) is 6.10 Å². The molecule has 0 bridgehead atoms. The highest BCUT2D eigenvalue weighted by atomic mass is 16.6. The molecule has 1 aliphatic carbocycles. The third-order valence-electron chi connectivity index (χ3n) is 3.30. The minimum Gasteiger partial charge on any atom is -0.457 e. The first-order valence-corrected chi connectivity index (χ1v) is 5.12. The Morgan fingerprint density at radius 3 is 2.80 bits per heavy atom. The van der Waals surface area contributed by atoms with E-state index >= 15 is 0 Å². The van der Waals surface area contributed by atoms with Crippen LogP contribution in [0.25, 0.3) is 0 Å². The molecule has 1 saturated heterocycles. The van der Waals surface area contributed by atoms with Gasteiger partial charge >= 0.3 is 5.97 Å². The highest BCUT2D eigenvalue weighted by molar-refractivity contribution is 5.73. The van der Waals surface area contributed by atoms with Crippen molar-refractivity contribution in [2.24, 2.45) is 5.92 Å². The van der Waals surface area contributed by atoms with Gasteiger partial charge in [0.2, 0.25) is 0 Å². The van der Waals surface area contributed by atoms with E-state index in [1.54, 1.807) is 7.11 Å². The van der Waals surface area contributed by atoms with E-state index in [-0.39, 0.29) is 24.1 Å². The Morgan fingerprint density at radius 1 is 1.33 bits per heavy atom. The fourth-order valence-corrected chi connectivity index (χ4v) is 2.70. The van der Waals surface area contributed by atoms with E-state index in [0.29, 0.717) is 6.42 Å². The number of methoxy groups -OCH3 is 1. The molecule has 0 radical (unpaired) electrons. The Kier molecular flexibility index (Phi) is 1.83. The number of carbonyl (C=O) groups excluding carboxylic acids is 1. The summed E-state index contributed by atoms with van der Waals surface area (Å²) in [6.45, 7) is 0. The summed E-state index contributed by atoms with van der Waals surface area (Å²) in [5, 5.41) is 0. The topological polar surface area (TPSA) is 35.5 Å². The molecule has 0 unspecified atom stereocenters. The second-order valence-electron chi connectivity index (χ2n) is 4.06. The summed E-state index contributed by atoms with van der Waals surface area (Å²) in [5.74, 6) is 0.0569. The summed E-state index contributed by atoms with van der Waals surface area (Å²) in [6.07, 6.45) is 0.397. The third kappa shape index (κ3) is 1.13. The first-order valence-electron chi connectivity index (χ1n) is 5.12. The third-order valence-corrected chi connectivity index (χ3v) is 3.30. The maximum absolute atomic E-state index is 11.3. The van der Waals surface area contributed by atoms with Gasteiger partial charge in [0.15, 0.2) is 0 Å². The molecule has 1 aromatic rings. The fraction of sp³-hybridized carbons (Fsp3) is 0.417. The predicted molar refractivity (Wildman–Crippen MR) is 53.1 cm³/mol. The molecule has 1 heterocycles. The van der Waals surface area contributed by atoms with Crippen LogP contribution in [-0.2, 0) is 14.3 Å². The monoisotopic (exact) mass is 204 g/mol. The number of fused-ring (bicyclic) bond motifs is 3. The van der Waals surface area contributed by atoms with Crippen LogP contribution in [0.5, 0.6) is 0 Å². The van der Waals surface area contributed by atoms with Gasteiger partial charge in [0.25, 0.3) is 0 Å². The lowest BCUT2D eigenvalue weighted by molar-refractivity contribution is -0.141. The van der Waals surface area contributed by atoms with Crippen LogP contribution in [-0.4, -0.2) is 13.1 Å². The second kappa shape index (κ2) is 3.07. The molecule has 3 atom stereocenters. The van der Waals surface area contributed by atoms with E-state index in [2.05, 4.69) is 6.07 Å². The number of benzene rings is 1. The molecule has 0 aromatic heterocycles. The van der Waals surface area contributed by atoms with Gasteiger partial charge in [-0.1, -0.05) is 24.3 Å². The summed E-state index contributed by atoms with van der Waals surface area (Å²) in [7, 11) is 1.69. The van der Waals surface area contributed by atoms with Crippen LogP contribution in [0, 0.1) is 5.92 Å². The van der Waals surface area contributed by atoms with E-state index in [1.165, 1.54) is 5.56 Å². The van der Waals surface area contributed by atoms with E-state index in [1.807, 2.05) is 18.2 Å². The average molecular weight is 204 g/mol. The number of hydrogen-bond donors (Lipinski definition) is 0. The van der Waals surface area contributed by atoms with Crippen LogP contribution in [0.15, 0.2) is 24.3 Å². The lowest BCUT2D eigenvalue weighted by atomic mass is 10.00. The normalized spacial score (nSPS) is 32.3. The van der Waals surface area contributed by atoms with Crippen molar-refractivity contribution in [1.82, 2.24) is 0 Å². The van der Waals surface area contributed by atoms with Crippen LogP contribution >= 0.6 is 0 Å². The number of esters is 1. The largest absolute Gasteiger partial charge is 0.457 e. The molecule has 0 spiro atoms. The maximum atomic E-state index is 11.3. The highest BCUT2D eigenvalue weighted by Crippen LogP contribution is 2.52. The first-order chi connectivity index (χ1) is 7.31. The molecular formula is C12H12O3. The number of hydrogen-bond acceptors (Lipinski definition) is 3. The van der Waals surface area contributed by atoms with Gasteiger partial charge in [-0.3, -0.25) is 4.79 Å². The SMILES string of the molecule is CO[C@@H]1c2ccccc2[C@H]2OC(=O)C[C@@H]12. The zero-order valence-electron chi connectivity index (χ0n) is 8.47. The summed E-state index contributed by atoms with van der Waals surface area (Å²) < 4.78 is 10.8. The van der Waals surface area contributed by atoms with Crippen molar-refractivity contribution < 1.29 is 14.3 Å². The summed E-state index contributed by atoms with van der Waals surface area (Å²) in [6, 6.07) is 8.04. The van der Waals surface area contributed by atoms with Crippen LogP contribution in [0.2, 0.25) is 0 Å². The standard InChI is InChI=1S/C12H12O3/c1-14-11-7-4-2-3-5-8(7)12-9(11)6-10(13)15-12/h2-5,9,11-12H,6H2,1H3/t9-,11+,12+/m0/s1. The van der Waals surface area contributed by atoms with E-state index in [4.69, 9.17) is 9.47 Å². The van der Waals surface area contributed by atoms with Crippen molar-refractivity contribution in [3.8, 4) is 0 Å². The van der Waals surface area contributed by atoms with Crippen molar-refractivity contribution >= 4 is 5.97 Å². The molecule has 3 rings (SSSR count). The predicted octanol–water partition coefficient (Wildman–Crippen LogP) is 1.99. The summed E-state index contributed by atoms with van der Waals surface area (Å²) >= 11 is 0. The van der Waals surface area contributed by atoms with Crippen LogP contribution in [0.1, 0.15) is 29.8 Å². The van der Waals surface area contributed by atoms with Crippen LogP contribution in [0.4, 0.5) is 0 Å². The van der Waals surface area contributed by atoms with E-state index in [9.17, 15) is 4.79 Å². The number of rotatable bonds is 1. The molecule has 1 fully saturated rings. The molecule has 0 amide bonds. The average Bonchev–Trinajstić information content (AvgIpc) is 2.73. The highest BCUT2D eigenvalue weighted by Gasteiger charge is 2.48. The molecule has 78 valence electrons. The van der Waals surface area contributed by atoms with Gasteiger partial charge in [0, 0.05) is 13.0 Å². The van der Waals surface area contributed by atoms with Crippen molar-refractivity contribution in [1.29, 1.82) is 0 Å². The molecule has 0 saturated carbocycles. The lowest BCUT2D eigenvalue weighted by Crippen LogP contribution is -2.09. The Hall–Kier alpha value is -1.35. The Labute approximate surface area is 88.0 Å². The molecule has 1 aliphatic heterocycles. The minimum atomic E-state index is -0.110. The molecule has 15 heavy (non-hydrogen) atoms. The van der Waals surface area contributed by atoms with Gasteiger partial charge in [-0.15, -0.1) is 0 Å². The quantitative estimate of drug-likeness (QED) is 0.656. The maximum Gasteiger partial charge on any atom is 0.306 e. The lowest BCUT2D eigenvalue weighted by Gasteiger charge is -2.14. The minimum absolute atomic E-state index is 0.0117. The Balaban J connectivity index is 2.09. The smallest absolute Gasteiger partial charge is 0.306 e. The van der Waals surface area contributed by atoms with Crippen molar-refractivity contribution in [3.05, 3.63) is 35.4 Å². The van der Waals surface area contributed by atoms with Gasteiger partial charge in [-0.05, 0) is 11.1 Å². The Morgan fingerprint density at radius 2 is 2.07 bits per heavy atom. The summed E-state index contributed by atoms with van der Waals surface area (Å²) in [5.41, 5.74) is 2.28. The Bertz CT molecular complexity index is 413. The summed E-state index contributed by atoms with van der Waals surface area (Å²) in [4.78, 5) is 11.3. The van der Waals surface area contributed by atoms with E-state index in [0.717, 1.165) is 5.56 Å². The van der Waals surface area contributed by atoms with Crippen molar-refractivity contribution in [2.45, 2.75) is 18.6 Å². The van der Waals surface area contributed by atoms with Gasteiger partial charge in [-0.25, -0.2) is 0 Å². The van der Waals surface area contributed by atoms with Gasteiger partial charge in [-0.2, -0.15) is 0 Å². The van der Waals surface area contributed by atoms with Gasteiger partial charge < -0.3 is 9.47 Å². The van der Waals surface area contributed by atoms with Crippen molar-refractivity contribution in [2.75, 3.05) is 7.11 Å². The van der Waals surface area contributed by atoms with E-state index < -0.39 is 0 Å². The molecule has 2 aliphatic rings. The van der Waals surface area contributed by atoms with Crippen LogP contribution in [0.3, 0.4) is 0 Å². The number of carbonyl (C=O) groups is 1. The molecule has 3 nitrogen and oxygen atoms in total. The van der Waals surface area contributed by atoms with Crippen molar-refractivity contribution in [3.63, 3.8) is 0 Å². The molecule has 0 N–H and O–H groups in total. The van der Waals surface area contributed by atoms with Gasteiger partial charge in [0.05, 0.1) is 12.5 Å². The fourth-order valence-electron chi connectivity index (χ4n) is 2.70.